The molecular weight excluding hydrogens is 312 g/mol. The van der Waals surface area contributed by atoms with Crippen molar-refractivity contribution in [2.45, 2.75) is 63.8 Å². The molecule has 138 valence electrons. The van der Waals surface area contributed by atoms with Crippen LogP contribution in [0.4, 0.5) is 0 Å². The first-order chi connectivity index (χ1) is 12.2. The summed E-state index contributed by atoms with van der Waals surface area (Å²) < 4.78 is 12.3. The maximum atomic E-state index is 6.73. The predicted octanol–water partition coefficient (Wildman–Crippen LogP) is 3.30. The largest absolute Gasteiger partial charge is 0.486 e. The minimum Gasteiger partial charge on any atom is -0.486 e. The molecule has 0 atom stereocenters. The molecule has 0 radical (unpaired) electrons. The van der Waals surface area contributed by atoms with Crippen molar-refractivity contribution in [2.75, 3.05) is 32.8 Å². The van der Waals surface area contributed by atoms with Crippen molar-refractivity contribution in [2.24, 2.45) is 0 Å². The van der Waals surface area contributed by atoms with E-state index in [4.69, 9.17) is 9.47 Å². The minimum atomic E-state index is -0.0315. The smallest absolute Gasteiger partial charge is 0.124 e. The van der Waals surface area contributed by atoms with Gasteiger partial charge in [-0.05, 0) is 32.8 Å². The molecule has 4 rings (SSSR count). The molecule has 0 N–H and O–H groups in total. The molecule has 3 heterocycles. The highest BCUT2D eigenvalue weighted by molar-refractivity contribution is 5.35. The fourth-order valence-corrected chi connectivity index (χ4v) is 4.66. The second kappa shape index (κ2) is 7.26. The van der Waals surface area contributed by atoms with Crippen LogP contribution < -0.4 is 4.74 Å². The Morgan fingerprint density at radius 2 is 1.80 bits per heavy atom. The number of benzene rings is 1. The molecular formula is C21H32N2O2. The number of fused-ring (bicyclic) bond motifs is 1. The van der Waals surface area contributed by atoms with Crippen molar-refractivity contribution in [3.8, 4) is 5.75 Å². The molecule has 0 aromatic heterocycles. The molecule has 25 heavy (non-hydrogen) atoms. The molecule has 0 saturated carbocycles. The summed E-state index contributed by atoms with van der Waals surface area (Å²) in [4.78, 5) is 5.28. The lowest BCUT2D eigenvalue weighted by atomic mass is 9.89. The van der Waals surface area contributed by atoms with Gasteiger partial charge >= 0.3 is 0 Å². The Bertz CT molecular complexity index is 575. The Balaban J connectivity index is 1.58. The van der Waals surface area contributed by atoms with Crippen LogP contribution in [-0.2, 0) is 11.3 Å². The van der Waals surface area contributed by atoms with Crippen LogP contribution in [0.3, 0.4) is 0 Å². The first-order valence-electron chi connectivity index (χ1n) is 9.98. The molecule has 1 aromatic rings. The van der Waals surface area contributed by atoms with Gasteiger partial charge in [0, 0.05) is 69.9 Å². The van der Waals surface area contributed by atoms with E-state index in [-0.39, 0.29) is 5.60 Å². The zero-order valence-corrected chi connectivity index (χ0v) is 15.7. The minimum absolute atomic E-state index is 0.0315. The molecule has 1 spiro atoms. The summed E-state index contributed by atoms with van der Waals surface area (Å²) in [6.45, 7) is 10.7. The van der Waals surface area contributed by atoms with Crippen LogP contribution in [0.1, 0.15) is 45.1 Å². The number of rotatable bonds is 2. The summed E-state index contributed by atoms with van der Waals surface area (Å²) in [6, 6.07) is 9.91. The number of piperidine rings is 1. The molecule has 3 aliphatic heterocycles. The number of likely N-dealkylation sites (tertiary alicyclic amines) is 1. The van der Waals surface area contributed by atoms with Crippen LogP contribution in [0, 0.1) is 0 Å². The summed E-state index contributed by atoms with van der Waals surface area (Å²) in [5.41, 5.74) is 1.31. The summed E-state index contributed by atoms with van der Waals surface area (Å²) in [6.07, 6.45) is 4.55. The Morgan fingerprint density at radius 3 is 2.52 bits per heavy atom. The molecule has 4 heteroatoms. The van der Waals surface area contributed by atoms with Crippen molar-refractivity contribution in [1.82, 2.24) is 9.80 Å². The summed E-state index contributed by atoms with van der Waals surface area (Å²) in [5.74, 6) is 1.11. The average Bonchev–Trinajstić information content (AvgIpc) is 2.79. The predicted molar refractivity (Wildman–Crippen MR) is 100.0 cm³/mol. The van der Waals surface area contributed by atoms with Gasteiger partial charge in [-0.25, -0.2) is 0 Å². The van der Waals surface area contributed by atoms with Crippen LogP contribution in [0.25, 0.3) is 0 Å². The lowest BCUT2D eigenvalue weighted by Crippen LogP contribution is -2.56. The SMILES string of the molecule is CC(C)N1CCC2(CC1)CN(C1CCOCC1)Cc1ccccc1O2. The average molecular weight is 344 g/mol. The Morgan fingerprint density at radius 1 is 1.08 bits per heavy atom. The van der Waals surface area contributed by atoms with E-state index in [2.05, 4.69) is 47.9 Å². The highest BCUT2D eigenvalue weighted by Gasteiger charge is 2.42. The number of nitrogens with zero attached hydrogens (tertiary/aromatic N) is 2. The molecule has 0 amide bonds. The zero-order chi connectivity index (χ0) is 17.3. The van der Waals surface area contributed by atoms with Gasteiger partial charge in [-0.3, -0.25) is 4.90 Å². The van der Waals surface area contributed by atoms with Crippen molar-refractivity contribution in [3.63, 3.8) is 0 Å². The fraction of sp³-hybridized carbons (Fsp3) is 0.714. The van der Waals surface area contributed by atoms with E-state index in [0.717, 1.165) is 70.8 Å². The van der Waals surface area contributed by atoms with Gasteiger partial charge < -0.3 is 14.4 Å². The molecule has 1 aromatic carbocycles. The second-order valence-corrected chi connectivity index (χ2v) is 8.27. The van der Waals surface area contributed by atoms with Gasteiger partial charge in [0.25, 0.3) is 0 Å². The number of para-hydroxylation sites is 1. The molecule has 4 nitrogen and oxygen atoms in total. The molecule has 0 aliphatic carbocycles. The Labute approximate surface area is 152 Å². The number of ether oxygens (including phenoxy) is 2. The first kappa shape index (κ1) is 17.3. The van der Waals surface area contributed by atoms with Gasteiger partial charge in [-0.2, -0.15) is 0 Å². The fourth-order valence-electron chi connectivity index (χ4n) is 4.66. The van der Waals surface area contributed by atoms with Gasteiger partial charge in [0.2, 0.25) is 0 Å². The van der Waals surface area contributed by atoms with E-state index < -0.39 is 0 Å². The third-order valence-electron chi connectivity index (χ3n) is 6.31. The lowest BCUT2D eigenvalue weighted by molar-refractivity contribution is -0.0453. The zero-order valence-electron chi connectivity index (χ0n) is 15.7. The maximum Gasteiger partial charge on any atom is 0.124 e. The van der Waals surface area contributed by atoms with Crippen LogP contribution in [0.2, 0.25) is 0 Å². The van der Waals surface area contributed by atoms with Crippen LogP contribution in [-0.4, -0.2) is 60.3 Å². The van der Waals surface area contributed by atoms with Crippen molar-refractivity contribution < 1.29 is 9.47 Å². The lowest BCUT2D eigenvalue weighted by Gasteiger charge is -2.45. The maximum absolute atomic E-state index is 6.73. The summed E-state index contributed by atoms with van der Waals surface area (Å²) in [7, 11) is 0. The Hall–Kier alpha value is -1.10. The Kier molecular flexibility index (Phi) is 5.03. The van der Waals surface area contributed by atoms with E-state index in [1.807, 2.05) is 0 Å². The van der Waals surface area contributed by atoms with Gasteiger partial charge in [-0.15, -0.1) is 0 Å². The topological polar surface area (TPSA) is 24.9 Å². The van der Waals surface area contributed by atoms with Gasteiger partial charge in [0.1, 0.15) is 11.4 Å². The van der Waals surface area contributed by atoms with Gasteiger partial charge in [0.05, 0.1) is 0 Å². The van der Waals surface area contributed by atoms with Crippen molar-refractivity contribution >= 4 is 0 Å². The third-order valence-corrected chi connectivity index (χ3v) is 6.31. The summed E-state index contributed by atoms with van der Waals surface area (Å²) in [5, 5.41) is 0. The van der Waals surface area contributed by atoms with Gasteiger partial charge in [0.15, 0.2) is 0 Å². The quantitative estimate of drug-likeness (QED) is 0.822. The van der Waals surface area contributed by atoms with Crippen LogP contribution in [0.15, 0.2) is 24.3 Å². The normalized spacial score (nSPS) is 25.6. The van der Waals surface area contributed by atoms with E-state index in [1.54, 1.807) is 0 Å². The molecule has 0 bridgehead atoms. The highest BCUT2D eigenvalue weighted by Crippen LogP contribution is 2.37. The molecule has 2 saturated heterocycles. The van der Waals surface area contributed by atoms with Crippen LogP contribution in [0.5, 0.6) is 5.75 Å². The molecule has 0 unspecified atom stereocenters. The monoisotopic (exact) mass is 344 g/mol. The van der Waals surface area contributed by atoms with E-state index in [1.165, 1.54) is 5.56 Å². The second-order valence-electron chi connectivity index (χ2n) is 8.27. The van der Waals surface area contributed by atoms with E-state index >= 15 is 0 Å². The third kappa shape index (κ3) is 3.71. The van der Waals surface area contributed by atoms with E-state index in [9.17, 15) is 0 Å². The van der Waals surface area contributed by atoms with Crippen molar-refractivity contribution in [1.29, 1.82) is 0 Å². The number of hydrogen-bond donors (Lipinski definition) is 0. The van der Waals surface area contributed by atoms with Crippen molar-refractivity contribution in [3.05, 3.63) is 29.8 Å². The first-order valence-corrected chi connectivity index (χ1v) is 9.98. The highest BCUT2D eigenvalue weighted by atomic mass is 16.5. The summed E-state index contributed by atoms with van der Waals surface area (Å²) >= 11 is 0. The molecule has 2 fully saturated rings. The molecule has 3 aliphatic rings. The number of hydrogen-bond acceptors (Lipinski definition) is 4. The van der Waals surface area contributed by atoms with E-state index in [0.29, 0.717) is 12.1 Å². The standard InChI is InChI=1S/C21H32N2O2/c1-17(2)22-11-9-21(10-12-22)16-23(19-7-13-24-14-8-19)15-18-5-3-4-6-20(18)25-21/h3-6,17,19H,7-16H2,1-2H3. The van der Waals surface area contributed by atoms with Gasteiger partial charge in [-0.1, -0.05) is 18.2 Å². The van der Waals surface area contributed by atoms with Crippen LogP contribution >= 0.6 is 0 Å².